The molecule has 0 unspecified atom stereocenters. The number of rotatable bonds is 0. The Bertz CT molecular complexity index is 649. The molecule has 0 bridgehead atoms. The lowest BCUT2D eigenvalue weighted by molar-refractivity contribution is -0.137. The number of aryl methyl sites for hydroxylation is 1. The third-order valence-electron chi connectivity index (χ3n) is 2.53. The van der Waals surface area contributed by atoms with Crippen LogP contribution in [0.4, 0.5) is 24.5 Å². The summed E-state index contributed by atoms with van der Waals surface area (Å²) in [6, 6.07) is 8.33. The van der Waals surface area contributed by atoms with Gasteiger partial charge in [0, 0.05) is 17.4 Å². The van der Waals surface area contributed by atoms with Crippen molar-refractivity contribution < 1.29 is 23.1 Å². The van der Waals surface area contributed by atoms with Gasteiger partial charge in [-0.05, 0) is 36.8 Å². The number of hydrogen-bond donors (Lipinski definition) is 3. The average Bonchev–Trinajstić information content (AvgIpc) is 2.47. The number of carbonyl (C=O) groups is 1. The van der Waals surface area contributed by atoms with Gasteiger partial charge in [-0.25, -0.2) is 0 Å². The summed E-state index contributed by atoms with van der Waals surface area (Å²) in [5.74, 6) is 0.259. The number of phenolic OH excluding ortho intramolecular Hbond substituents is 1. The van der Waals surface area contributed by atoms with Crippen LogP contribution in [0.25, 0.3) is 0 Å². The van der Waals surface area contributed by atoms with E-state index in [2.05, 4.69) is 0 Å². The van der Waals surface area contributed by atoms with Crippen LogP contribution in [0.5, 0.6) is 5.75 Å². The molecule has 2 aromatic carbocycles. The molecule has 8 heteroatoms. The second kappa shape index (κ2) is 8.89. The van der Waals surface area contributed by atoms with Crippen molar-refractivity contribution in [2.24, 2.45) is 0 Å². The van der Waals surface area contributed by atoms with Gasteiger partial charge in [-0.1, -0.05) is 17.7 Å². The lowest BCUT2D eigenvalue weighted by atomic mass is 10.2. The summed E-state index contributed by atoms with van der Waals surface area (Å²) in [7, 11) is 0. The first kappa shape index (κ1) is 20.6. The normalized spacial score (nSPS) is 9.96. The summed E-state index contributed by atoms with van der Waals surface area (Å²) in [5.41, 5.74) is 11.1. The van der Waals surface area contributed by atoms with E-state index < -0.39 is 11.7 Å². The Kier molecular flexibility index (Phi) is 7.96. The number of aromatic hydroxyl groups is 1. The lowest BCUT2D eigenvalue weighted by Gasteiger charge is -2.08. The number of hydrogen-bond acceptors (Lipinski definition) is 4. The van der Waals surface area contributed by atoms with Crippen LogP contribution in [-0.4, -0.2) is 11.9 Å². The Morgan fingerprint density at radius 1 is 1.04 bits per heavy atom. The van der Waals surface area contributed by atoms with E-state index in [0.29, 0.717) is 5.69 Å². The second-order valence-electron chi connectivity index (χ2n) is 4.28. The molecule has 0 atom stereocenters. The van der Waals surface area contributed by atoms with Crippen LogP contribution < -0.4 is 11.5 Å². The summed E-state index contributed by atoms with van der Waals surface area (Å²) in [6.45, 7) is 3.83. The highest BCUT2D eigenvalue weighted by molar-refractivity contribution is 6.31. The molecule has 0 heterocycles. The van der Waals surface area contributed by atoms with Gasteiger partial charge in [-0.15, -0.1) is 0 Å². The molecule has 0 aliphatic heterocycles. The quantitative estimate of drug-likeness (QED) is 0.627. The first-order valence-electron chi connectivity index (χ1n) is 6.07. The highest BCUT2D eigenvalue weighted by Gasteiger charge is 2.33. The molecule has 0 spiro atoms. The third-order valence-corrected chi connectivity index (χ3v) is 2.86. The van der Waals surface area contributed by atoms with Gasteiger partial charge in [0.25, 0.3) is 0 Å². The summed E-state index contributed by atoms with van der Waals surface area (Å²) in [4.78, 5) is 8.00. The average molecular weight is 349 g/mol. The number of anilines is 2. The van der Waals surface area contributed by atoms with Crippen LogP contribution in [-0.2, 0) is 11.0 Å². The van der Waals surface area contributed by atoms with Crippen molar-refractivity contribution in [2.45, 2.75) is 13.1 Å². The van der Waals surface area contributed by atoms with Crippen molar-refractivity contribution >= 4 is 29.8 Å². The monoisotopic (exact) mass is 348 g/mol. The van der Waals surface area contributed by atoms with E-state index >= 15 is 0 Å². The molecular weight excluding hydrogens is 333 g/mol. The van der Waals surface area contributed by atoms with Crippen molar-refractivity contribution in [1.82, 2.24) is 0 Å². The van der Waals surface area contributed by atoms with Crippen LogP contribution in [0.3, 0.4) is 0 Å². The third kappa shape index (κ3) is 6.92. The molecule has 2 aromatic rings. The minimum Gasteiger partial charge on any atom is -0.508 e. The van der Waals surface area contributed by atoms with E-state index in [-0.39, 0.29) is 16.5 Å². The summed E-state index contributed by atoms with van der Waals surface area (Å²) >= 11 is 5.31. The Hall–Kier alpha value is -2.41. The Morgan fingerprint density at radius 2 is 1.52 bits per heavy atom. The topological polar surface area (TPSA) is 89.3 Å². The van der Waals surface area contributed by atoms with Crippen molar-refractivity contribution in [1.29, 1.82) is 0 Å². The molecule has 4 nitrogen and oxygen atoms in total. The van der Waals surface area contributed by atoms with Crippen LogP contribution in [0.15, 0.2) is 36.4 Å². The minimum absolute atomic E-state index is 0.0479. The molecule has 0 aromatic heterocycles. The summed E-state index contributed by atoms with van der Waals surface area (Å²) < 4.78 is 36.3. The predicted octanol–water partition coefficient (Wildman–Crippen LogP) is 4.04. The van der Waals surface area contributed by atoms with E-state index in [1.807, 2.05) is 13.7 Å². The zero-order valence-electron chi connectivity index (χ0n) is 12.2. The molecule has 0 saturated heterocycles. The molecule has 23 heavy (non-hydrogen) atoms. The van der Waals surface area contributed by atoms with Gasteiger partial charge < -0.3 is 21.4 Å². The number of halogens is 4. The van der Waals surface area contributed by atoms with E-state index in [4.69, 9.17) is 33.0 Å². The number of phenols is 1. The first-order valence-corrected chi connectivity index (χ1v) is 6.45. The van der Waals surface area contributed by atoms with E-state index in [9.17, 15) is 13.2 Å². The van der Waals surface area contributed by atoms with Crippen molar-refractivity contribution in [3.63, 3.8) is 0 Å². The molecule has 0 aliphatic rings. The van der Waals surface area contributed by atoms with Gasteiger partial charge in [-0.2, -0.15) is 13.2 Å². The highest BCUT2D eigenvalue weighted by atomic mass is 35.5. The fourth-order valence-corrected chi connectivity index (χ4v) is 1.61. The fourth-order valence-electron chi connectivity index (χ4n) is 1.39. The van der Waals surface area contributed by atoms with Gasteiger partial charge in [0.15, 0.2) is 0 Å². The maximum absolute atomic E-state index is 12.1. The smallest absolute Gasteiger partial charge is 0.417 e. The summed E-state index contributed by atoms with van der Waals surface area (Å²) in [5, 5.41) is 8.68. The molecule has 0 fully saturated rings. The van der Waals surface area contributed by atoms with Gasteiger partial charge >= 0.3 is 6.18 Å². The molecule has 126 valence electrons. The Morgan fingerprint density at radius 3 is 1.91 bits per heavy atom. The first-order chi connectivity index (χ1) is 10.6. The predicted molar refractivity (Wildman–Crippen MR) is 85.2 cm³/mol. The van der Waals surface area contributed by atoms with Crippen LogP contribution in [0.2, 0.25) is 5.02 Å². The second-order valence-corrected chi connectivity index (χ2v) is 4.69. The zero-order chi connectivity index (χ0) is 18.2. The van der Waals surface area contributed by atoms with E-state index in [1.54, 1.807) is 12.1 Å². The molecule has 0 radical (unpaired) electrons. The maximum Gasteiger partial charge on any atom is 0.417 e. The minimum atomic E-state index is -4.44. The maximum atomic E-state index is 12.1. The largest absolute Gasteiger partial charge is 0.508 e. The fraction of sp³-hybridized carbons (Fsp3) is 0.133. The number of nitrogens with two attached hydrogens (primary N) is 2. The SMILES string of the molecule is C=O.Cc1ccc(N)cc1O.Nc1ccc(Cl)c(C(F)(F)F)c1. The van der Waals surface area contributed by atoms with Crippen LogP contribution in [0.1, 0.15) is 11.1 Å². The van der Waals surface area contributed by atoms with Gasteiger partial charge in [0.1, 0.15) is 12.5 Å². The van der Waals surface area contributed by atoms with Crippen molar-refractivity contribution in [3.05, 3.63) is 52.5 Å². The van der Waals surface area contributed by atoms with Crippen molar-refractivity contribution in [3.8, 4) is 5.75 Å². The Balaban J connectivity index is 0.000000392. The summed E-state index contributed by atoms with van der Waals surface area (Å²) in [6.07, 6.45) is -4.44. The van der Waals surface area contributed by atoms with Crippen LogP contribution in [0, 0.1) is 6.92 Å². The molecule has 5 N–H and O–H groups in total. The number of carbonyl (C=O) groups excluding carboxylic acids is 1. The van der Waals surface area contributed by atoms with Gasteiger partial charge in [-0.3, -0.25) is 0 Å². The highest BCUT2D eigenvalue weighted by Crippen LogP contribution is 2.35. The molecule has 0 amide bonds. The van der Waals surface area contributed by atoms with Crippen molar-refractivity contribution in [2.75, 3.05) is 11.5 Å². The Labute approximate surface area is 136 Å². The molecule has 0 saturated carbocycles. The number of benzene rings is 2. The standard InChI is InChI=1S/C7H5ClF3N.C7H9NO.CH2O/c8-6-2-1-4(12)3-5(6)7(9,10)11;1-5-2-3-6(8)4-7(5)9;1-2/h1-3H,12H2;2-4,9H,8H2,1H3;1H2. The molecular formula is C15H16ClF3N2O2. The van der Waals surface area contributed by atoms with E-state index in [1.165, 1.54) is 12.1 Å². The number of nitrogen functional groups attached to an aromatic ring is 2. The van der Waals surface area contributed by atoms with Gasteiger partial charge in [0.05, 0.1) is 10.6 Å². The van der Waals surface area contributed by atoms with Gasteiger partial charge in [0.2, 0.25) is 0 Å². The zero-order valence-corrected chi connectivity index (χ0v) is 12.9. The number of alkyl halides is 3. The molecule has 2 rings (SSSR count). The van der Waals surface area contributed by atoms with Crippen LogP contribution >= 0.6 is 11.6 Å². The lowest BCUT2D eigenvalue weighted by Crippen LogP contribution is -2.06. The van der Waals surface area contributed by atoms with E-state index in [0.717, 1.165) is 17.7 Å². The molecule has 0 aliphatic carbocycles.